The number of pyridine rings is 1. The van der Waals surface area contributed by atoms with Gasteiger partial charge in [0.15, 0.2) is 0 Å². The second kappa shape index (κ2) is 4.61. The molecule has 2 heterocycles. The van der Waals surface area contributed by atoms with Crippen LogP contribution in [0.2, 0.25) is 0 Å². The van der Waals surface area contributed by atoms with E-state index in [-0.39, 0.29) is 5.78 Å². The molecule has 0 atom stereocenters. The molecule has 0 saturated heterocycles. The molecule has 0 aliphatic heterocycles. The molecule has 0 aliphatic carbocycles. The summed E-state index contributed by atoms with van der Waals surface area (Å²) in [6, 6.07) is 9.37. The topological polar surface area (TPSA) is 60.7 Å². The van der Waals surface area contributed by atoms with Crippen LogP contribution in [0.5, 0.6) is 0 Å². The fraction of sp³-hybridized carbons (Fsp3) is 0.143. The monoisotopic (exact) mass is 252 g/mol. The Hall–Kier alpha value is -2.56. The summed E-state index contributed by atoms with van der Waals surface area (Å²) < 4.78 is 1.59. The fourth-order valence-electron chi connectivity index (χ4n) is 2.09. The molecule has 0 fully saturated rings. The molecule has 0 spiro atoms. The Balaban J connectivity index is 2.17. The molecular weight excluding hydrogens is 240 g/mol. The van der Waals surface area contributed by atoms with Gasteiger partial charge >= 0.3 is 0 Å². The Kier molecular flexibility index (Phi) is 2.79. The molecule has 5 nitrogen and oxygen atoms in total. The molecule has 0 N–H and O–H groups in total. The standard InChI is InChI=1S/C14H12N4O/c1-2-18-12(9-16-17-18)14(19)11-7-3-5-10-6-4-8-15-13(10)11/h3-9H,2H2,1H3. The third kappa shape index (κ3) is 1.89. The molecule has 94 valence electrons. The lowest BCUT2D eigenvalue weighted by Crippen LogP contribution is -2.11. The van der Waals surface area contributed by atoms with Gasteiger partial charge in [0.1, 0.15) is 5.69 Å². The van der Waals surface area contributed by atoms with Crippen LogP contribution in [-0.4, -0.2) is 25.8 Å². The van der Waals surface area contributed by atoms with Gasteiger partial charge in [-0.05, 0) is 19.1 Å². The van der Waals surface area contributed by atoms with Crippen molar-refractivity contribution >= 4 is 16.7 Å². The normalized spacial score (nSPS) is 10.8. The highest BCUT2D eigenvalue weighted by atomic mass is 16.1. The lowest BCUT2D eigenvalue weighted by molar-refractivity contribution is 0.103. The number of hydrogen-bond acceptors (Lipinski definition) is 4. The summed E-state index contributed by atoms with van der Waals surface area (Å²) in [5.74, 6) is -0.101. The number of aryl methyl sites for hydroxylation is 1. The van der Waals surface area contributed by atoms with Gasteiger partial charge < -0.3 is 0 Å². The maximum atomic E-state index is 12.6. The number of nitrogens with zero attached hydrogens (tertiary/aromatic N) is 4. The zero-order chi connectivity index (χ0) is 13.2. The van der Waals surface area contributed by atoms with Gasteiger partial charge in [-0.2, -0.15) is 0 Å². The third-order valence-electron chi connectivity index (χ3n) is 3.03. The van der Waals surface area contributed by atoms with Crippen LogP contribution < -0.4 is 0 Å². The van der Waals surface area contributed by atoms with Crippen LogP contribution in [0, 0.1) is 0 Å². The van der Waals surface area contributed by atoms with Crippen LogP contribution in [-0.2, 0) is 6.54 Å². The van der Waals surface area contributed by atoms with Crippen molar-refractivity contribution in [1.82, 2.24) is 20.0 Å². The summed E-state index contributed by atoms with van der Waals surface area (Å²) in [4.78, 5) is 16.9. The quantitative estimate of drug-likeness (QED) is 0.669. The molecule has 0 amide bonds. The van der Waals surface area contributed by atoms with Crippen molar-refractivity contribution in [2.24, 2.45) is 0 Å². The zero-order valence-electron chi connectivity index (χ0n) is 10.4. The summed E-state index contributed by atoms with van der Waals surface area (Å²) in [7, 11) is 0. The minimum atomic E-state index is -0.101. The number of para-hydroxylation sites is 1. The van der Waals surface area contributed by atoms with Crippen LogP contribution in [0.4, 0.5) is 0 Å². The smallest absolute Gasteiger partial charge is 0.214 e. The predicted octanol–water partition coefficient (Wildman–Crippen LogP) is 2.08. The van der Waals surface area contributed by atoms with Crippen LogP contribution in [0.3, 0.4) is 0 Å². The van der Waals surface area contributed by atoms with E-state index in [1.165, 1.54) is 6.20 Å². The van der Waals surface area contributed by atoms with E-state index < -0.39 is 0 Å². The number of fused-ring (bicyclic) bond motifs is 1. The molecular formula is C14H12N4O. The fourth-order valence-corrected chi connectivity index (χ4v) is 2.09. The zero-order valence-corrected chi connectivity index (χ0v) is 10.4. The second-order valence-electron chi connectivity index (χ2n) is 4.14. The Morgan fingerprint density at radius 3 is 2.95 bits per heavy atom. The molecule has 0 bridgehead atoms. The van der Waals surface area contributed by atoms with Gasteiger partial charge in [0.05, 0.1) is 17.3 Å². The van der Waals surface area contributed by atoms with E-state index in [2.05, 4.69) is 15.3 Å². The highest BCUT2D eigenvalue weighted by Gasteiger charge is 2.17. The molecule has 0 unspecified atom stereocenters. The second-order valence-corrected chi connectivity index (χ2v) is 4.14. The number of carbonyl (C=O) groups excluding carboxylic acids is 1. The lowest BCUT2D eigenvalue weighted by atomic mass is 10.0. The maximum Gasteiger partial charge on any atom is 0.214 e. The van der Waals surface area contributed by atoms with E-state index in [4.69, 9.17) is 0 Å². The van der Waals surface area contributed by atoms with E-state index in [9.17, 15) is 4.79 Å². The largest absolute Gasteiger partial charge is 0.287 e. The van der Waals surface area contributed by atoms with Gasteiger partial charge in [-0.1, -0.05) is 23.4 Å². The number of carbonyl (C=O) groups is 1. The lowest BCUT2D eigenvalue weighted by Gasteiger charge is -2.05. The average molecular weight is 252 g/mol. The highest BCUT2D eigenvalue weighted by molar-refractivity contribution is 6.14. The van der Waals surface area contributed by atoms with Crippen molar-refractivity contribution in [3.05, 3.63) is 54.0 Å². The molecule has 2 aromatic heterocycles. The summed E-state index contributed by atoms with van der Waals surface area (Å²) in [6.45, 7) is 2.53. The Bertz CT molecular complexity index is 743. The summed E-state index contributed by atoms with van der Waals surface area (Å²) in [5.41, 5.74) is 1.77. The molecule has 3 aromatic rings. The molecule has 0 radical (unpaired) electrons. The molecule has 3 rings (SSSR count). The van der Waals surface area contributed by atoms with Crippen molar-refractivity contribution < 1.29 is 4.79 Å². The first-order chi connectivity index (χ1) is 9.31. The van der Waals surface area contributed by atoms with Gasteiger partial charge in [-0.15, -0.1) is 5.10 Å². The Labute approximate surface area is 109 Å². The minimum Gasteiger partial charge on any atom is -0.287 e. The van der Waals surface area contributed by atoms with Crippen molar-refractivity contribution in [2.45, 2.75) is 13.5 Å². The third-order valence-corrected chi connectivity index (χ3v) is 3.03. The summed E-state index contributed by atoms with van der Waals surface area (Å²) in [5, 5.41) is 8.63. The van der Waals surface area contributed by atoms with E-state index in [0.717, 1.165) is 5.39 Å². The Morgan fingerprint density at radius 1 is 1.26 bits per heavy atom. The summed E-state index contributed by atoms with van der Waals surface area (Å²) >= 11 is 0. The first kappa shape index (κ1) is 11.5. The first-order valence-electron chi connectivity index (χ1n) is 6.08. The molecule has 0 aliphatic rings. The van der Waals surface area contributed by atoms with E-state index in [0.29, 0.717) is 23.3 Å². The van der Waals surface area contributed by atoms with Crippen molar-refractivity contribution in [1.29, 1.82) is 0 Å². The SMILES string of the molecule is CCn1nncc1C(=O)c1cccc2cccnc12. The number of rotatable bonds is 3. The maximum absolute atomic E-state index is 12.6. The van der Waals surface area contributed by atoms with Gasteiger partial charge in [0, 0.05) is 18.1 Å². The van der Waals surface area contributed by atoms with Crippen LogP contribution >= 0.6 is 0 Å². The van der Waals surface area contributed by atoms with Crippen molar-refractivity contribution in [3.63, 3.8) is 0 Å². The van der Waals surface area contributed by atoms with E-state index in [1.807, 2.05) is 31.2 Å². The van der Waals surface area contributed by atoms with Gasteiger partial charge in [-0.3, -0.25) is 9.78 Å². The molecule has 19 heavy (non-hydrogen) atoms. The first-order valence-corrected chi connectivity index (χ1v) is 6.08. The molecule has 0 saturated carbocycles. The number of aromatic nitrogens is 4. The van der Waals surface area contributed by atoms with Crippen molar-refractivity contribution in [3.8, 4) is 0 Å². The van der Waals surface area contributed by atoms with Crippen LogP contribution in [0.1, 0.15) is 23.0 Å². The summed E-state index contributed by atoms with van der Waals surface area (Å²) in [6.07, 6.45) is 3.18. The number of benzene rings is 1. The van der Waals surface area contributed by atoms with Crippen LogP contribution in [0.15, 0.2) is 42.7 Å². The molecule has 5 heteroatoms. The minimum absolute atomic E-state index is 0.101. The number of ketones is 1. The van der Waals surface area contributed by atoms with Crippen molar-refractivity contribution in [2.75, 3.05) is 0 Å². The Morgan fingerprint density at radius 2 is 2.11 bits per heavy atom. The van der Waals surface area contributed by atoms with Gasteiger partial charge in [-0.25, -0.2) is 4.68 Å². The predicted molar refractivity (Wildman–Crippen MR) is 70.9 cm³/mol. The van der Waals surface area contributed by atoms with Gasteiger partial charge in [0.25, 0.3) is 0 Å². The molecule has 1 aromatic carbocycles. The van der Waals surface area contributed by atoms with E-state index >= 15 is 0 Å². The highest BCUT2D eigenvalue weighted by Crippen LogP contribution is 2.18. The van der Waals surface area contributed by atoms with Crippen LogP contribution in [0.25, 0.3) is 10.9 Å². The number of hydrogen-bond donors (Lipinski definition) is 0. The average Bonchev–Trinajstić information content (AvgIpc) is 2.94. The van der Waals surface area contributed by atoms with E-state index in [1.54, 1.807) is 16.9 Å². The van der Waals surface area contributed by atoms with Gasteiger partial charge in [0.2, 0.25) is 5.78 Å².